The Kier molecular flexibility index (Phi) is 4.97. The number of nitrogens with zero attached hydrogens (tertiary/aromatic N) is 2. The third kappa shape index (κ3) is 3.35. The van der Waals surface area contributed by atoms with Crippen molar-refractivity contribution in [3.05, 3.63) is 35.4 Å². The summed E-state index contributed by atoms with van der Waals surface area (Å²) in [4.78, 5) is 4.95. The standard InChI is InChI=1S/C16H27N3/c1-4-14-5-7-15(8-6-14)16(11-17)19-10-9-18(3)12-13(19)2/h5-8,13,16H,4,9-12,17H2,1-3H3. The number of aryl methyl sites for hydroxylation is 1. The summed E-state index contributed by atoms with van der Waals surface area (Å²) in [5.74, 6) is 0. The maximum atomic E-state index is 6.05. The van der Waals surface area contributed by atoms with Crippen molar-refractivity contribution in [2.45, 2.75) is 32.4 Å². The Labute approximate surface area is 117 Å². The van der Waals surface area contributed by atoms with Gasteiger partial charge in [-0.1, -0.05) is 31.2 Å². The molecule has 2 N–H and O–H groups in total. The van der Waals surface area contributed by atoms with E-state index < -0.39 is 0 Å². The van der Waals surface area contributed by atoms with Crippen LogP contribution in [0.25, 0.3) is 0 Å². The minimum atomic E-state index is 0.356. The molecule has 19 heavy (non-hydrogen) atoms. The molecule has 0 spiro atoms. The van der Waals surface area contributed by atoms with E-state index in [9.17, 15) is 0 Å². The van der Waals surface area contributed by atoms with Gasteiger partial charge in [-0.05, 0) is 31.5 Å². The largest absolute Gasteiger partial charge is 0.329 e. The lowest BCUT2D eigenvalue weighted by Crippen LogP contribution is -2.52. The SMILES string of the molecule is CCc1ccc(C(CN)N2CCN(C)CC2C)cc1. The van der Waals surface area contributed by atoms with Gasteiger partial charge < -0.3 is 10.6 Å². The van der Waals surface area contributed by atoms with Crippen LogP contribution >= 0.6 is 0 Å². The molecule has 3 heteroatoms. The normalized spacial score (nSPS) is 23.5. The van der Waals surface area contributed by atoms with Crippen molar-refractivity contribution in [1.29, 1.82) is 0 Å². The third-order valence-corrected chi connectivity index (χ3v) is 4.28. The van der Waals surface area contributed by atoms with Crippen LogP contribution in [-0.4, -0.2) is 49.1 Å². The molecule has 1 aromatic rings. The Morgan fingerprint density at radius 2 is 1.95 bits per heavy atom. The Morgan fingerprint density at radius 1 is 1.26 bits per heavy atom. The molecule has 1 fully saturated rings. The van der Waals surface area contributed by atoms with E-state index in [0.717, 1.165) is 26.1 Å². The second-order valence-electron chi connectivity index (χ2n) is 5.70. The van der Waals surface area contributed by atoms with Crippen molar-refractivity contribution in [1.82, 2.24) is 9.80 Å². The molecule has 0 amide bonds. The highest BCUT2D eigenvalue weighted by molar-refractivity contribution is 5.25. The van der Waals surface area contributed by atoms with Gasteiger partial charge in [-0.15, -0.1) is 0 Å². The number of likely N-dealkylation sites (N-methyl/N-ethyl adjacent to an activating group) is 1. The van der Waals surface area contributed by atoms with Crippen molar-refractivity contribution in [3.63, 3.8) is 0 Å². The monoisotopic (exact) mass is 261 g/mol. The van der Waals surface area contributed by atoms with Gasteiger partial charge in [0.2, 0.25) is 0 Å². The summed E-state index contributed by atoms with van der Waals surface area (Å²) in [5.41, 5.74) is 8.80. The van der Waals surface area contributed by atoms with E-state index in [4.69, 9.17) is 5.73 Å². The number of benzene rings is 1. The van der Waals surface area contributed by atoms with Crippen LogP contribution in [0.15, 0.2) is 24.3 Å². The molecule has 0 bridgehead atoms. The van der Waals surface area contributed by atoms with Crippen LogP contribution in [0.2, 0.25) is 0 Å². The van der Waals surface area contributed by atoms with E-state index in [0.29, 0.717) is 18.6 Å². The molecule has 1 aliphatic rings. The first kappa shape index (κ1) is 14.5. The van der Waals surface area contributed by atoms with Crippen LogP contribution < -0.4 is 5.73 Å². The van der Waals surface area contributed by atoms with Crippen molar-refractivity contribution in [3.8, 4) is 0 Å². The average molecular weight is 261 g/mol. The fraction of sp³-hybridized carbons (Fsp3) is 0.625. The number of nitrogens with two attached hydrogens (primary N) is 1. The van der Waals surface area contributed by atoms with Crippen molar-refractivity contribution < 1.29 is 0 Å². The smallest absolute Gasteiger partial charge is 0.0474 e. The van der Waals surface area contributed by atoms with E-state index in [1.165, 1.54) is 11.1 Å². The first-order valence-corrected chi connectivity index (χ1v) is 7.39. The Balaban J connectivity index is 2.14. The van der Waals surface area contributed by atoms with Crippen LogP contribution in [0, 0.1) is 0 Å². The number of hydrogen-bond acceptors (Lipinski definition) is 3. The first-order chi connectivity index (χ1) is 9.15. The van der Waals surface area contributed by atoms with Gasteiger partial charge >= 0.3 is 0 Å². The minimum Gasteiger partial charge on any atom is -0.329 e. The molecule has 2 unspecified atom stereocenters. The molecule has 0 aliphatic carbocycles. The molecule has 1 heterocycles. The maximum Gasteiger partial charge on any atom is 0.0474 e. The first-order valence-electron chi connectivity index (χ1n) is 7.39. The molecule has 1 aromatic carbocycles. The number of rotatable bonds is 4. The predicted octanol–water partition coefficient (Wildman–Crippen LogP) is 1.88. The van der Waals surface area contributed by atoms with Crippen LogP contribution in [0.4, 0.5) is 0 Å². The van der Waals surface area contributed by atoms with Crippen LogP contribution in [0.5, 0.6) is 0 Å². The van der Waals surface area contributed by atoms with Crippen LogP contribution in [0.1, 0.15) is 31.0 Å². The van der Waals surface area contributed by atoms with E-state index in [-0.39, 0.29) is 0 Å². The second kappa shape index (κ2) is 6.51. The van der Waals surface area contributed by atoms with E-state index >= 15 is 0 Å². The van der Waals surface area contributed by atoms with Gasteiger partial charge in [0, 0.05) is 38.3 Å². The fourth-order valence-corrected chi connectivity index (χ4v) is 3.06. The molecular formula is C16H27N3. The molecule has 106 valence electrons. The third-order valence-electron chi connectivity index (χ3n) is 4.28. The Bertz CT molecular complexity index is 387. The van der Waals surface area contributed by atoms with Crippen molar-refractivity contribution in [2.24, 2.45) is 5.73 Å². The number of hydrogen-bond donors (Lipinski definition) is 1. The van der Waals surface area contributed by atoms with Crippen LogP contribution in [-0.2, 0) is 6.42 Å². The molecular weight excluding hydrogens is 234 g/mol. The lowest BCUT2D eigenvalue weighted by Gasteiger charge is -2.42. The minimum absolute atomic E-state index is 0.356. The van der Waals surface area contributed by atoms with Gasteiger partial charge in [0.1, 0.15) is 0 Å². The van der Waals surface area contributed by atoms with Crippen LogP contribution in [0.3, 0.4) is 0 Å². The average Bonchev–Trinajstić information content (AvgIpc) is 2.42. The maximum absolute atomic E-state index is 6.05. The molecule has 0 saturated carbocycles. The van der Waals surface area contributed by atoms with Gasteiger partial charge in [0.05, 0.1) is 0 Å². The lowest BCUT2D eigenvalue weighted by molar-refractivity contribution is 0.0635. The van der Waals surface area contributed by atoms with E-state index in [2.05, 4.69) is 55.0 Å². The van der Waals surface area contributed by atoms with Crippen molar-refractivity contribution >= 4 is 0 Å². The molecule has 1 aliphatic heterocycles. The summed E-state index contributed by atoms with van der Waals surface area (Å²) < 4.78 is 0. The van der Waals surface area contributed by atoms with Crippen molar-refractivity contribution in [2.75, 3.05) is 33.2 Å². The summed E-state index contributed by atoms with van der Waals surface area (Å²) in [6, 6.07) is 9.90. The summed E-state index contributed by atoms with van der Waals surface area (Å²) in [5, 5.41) is 0. The quantitative estimate of drug-likeness (QED) is 0.898. The zero-order chi connectivity index (χ0) is 13.8. The Morgan fingerprint density at radius 3 is 2.47 bits per heavy atom. The summed E-state index contributed by atoms with van der Waals surface area (Å²) in [7, 11) is 2.20. The molecule has 1 saturated heterocycles. The fourth-order valence-electron chi connectivity index (χ4n) is 3.06. The van der Waals surface area contributed by atoms with Gasteiger partial charge in [-0.2, -0.15) is 0 Å². The highest BCUT2D eigenvalue weighted by atomic mass is 15.3. The van der Waals surface area contributed by atoms with E-state index in [1.54, 1.807) is 0 Å². The van der Waals surface area contributed by atoms with E-state index in [1.807, 2.05) is 0 Å². The zero-order valence-corrected chi connectivity index (χ0v) is 12.5. The predicted molar refractivity (Wildman–Crippen MR) is 81.3 cm³/mol. The molecule has 0 aromatic heterocycles. The lowest BCUT2D eigenvalue weighted by atomic mass is 10.00. The summed E-state index contributed by atoms with van der Waals surface area (Å²) in [6.07, 6.45) is 1.10. The van der Waals surface area contributed by atoms with Gasteiger partial charge in [0.15, 0.2) is 0 Å². The van der Waals surface area contributed by atoms with Gasteiger partial charge in [-0.3, -0.25) is 4.90 Å². The Hall–Kier alpha value is -0.900. The molecule has 0 radical (unpaired) electrons. The van der Waals surface area contributed by atoms with Gasteiger partial charge in [0.25, 0.3) is 0 Å². The summed E-state index contributed by atoms with van der Waals surface area (Å²) >= 11 is 0. The summed E-state index contributed by atoms with van der Waals surface area (Å²) in [6.45, 7) is 8.56. The highest BCUT2D eigenvalue weighted by Crippen LogP contribution is 2.24. The second-order valence-corrected chi connectivity index (χ2v) is 5.70. The molecule has 2 atom stereocenters. The topological polar surface area (TPSA) is 32.5 Å². The zero-order valence-electron chi connectivity index (χ0n) is 12.5. The van der Waals surface area contributed by atoms with Gasteiger partial charge in [-0.25, -0.2) is 0 Å². The molecule has 3 nitrogen and oxygen atoms in total. The highest BCUT2D eigenvalue weighted by Gasteiger charge is 2.28. The molecule has 2 rings (SSSR count). The number of piperazine rings is 1.